The Morgan fingerprint density at radius 1 is 1.67 bits per heavy atom. The van der Waals surface area contributed by atoms with Crippen LogP contribution in [0.5, 0.6) is 0 Å². The van der Waals surface area contributed by atoms with Gasteiger partial charge in [-0.1, -0.05) is 0 Å². The van der Waals surface area contributed by atoms with E-state index in [2.05, 4.69) is 5.32 Å². The highest BCUT2D eigenvalue weighted by molar-refractivity contribution is 5.89. The van der Waals surface area contributed by atoms with E-state index in [0.29, 0.717) is 12.3 Å². The minimum atomic E-state index is -0.240. The van der Waals surface area contributed by atoms with Crippen molar-refractivity contribution in [2.75, 3.05) is 18.5 Å². The number of anilines is 1. The smallest absolute Gasteiger partial charge is 0.355 e. The summed E-state index contributed by atoms with van der Waals surface area (Å²) in [5.74, 6) is -0.240. The number of rotatable bonds is 2. The molecule has 2 rings (SSSR count). The summed E-state index contributed by atoms with van der Waals surface area (Å²) in [4.78, 5) is 11.6. The number of hydrogen-bond acceptors (Lipinski definition) is 3. The van der Waals surface area contributed by atoms with Crippen molar-refractivity contribution >= 4 is 11.7 Å². The van der Waals surface area contributed by atoms with Crippen molar-refractivity contribution < 1.29 is 9.53 Å². The average Bonchev–Trinajstić information content (AvgIpc) is 2.57. The number of fused-ring (bicyclic) bond motifs is 1. The van der Waals surface area contributed by atoms with Gasteiger partial charge >= 0.3 is 5.97 Å². The molecule has 0 amide bonds. The van der Waals surface area contributed by atoms with E-state index in [-0.39, 0.29) is 5.97 Å². The van der Waals surface area contributed by atoms with Gasteiger partial charge in [0.05, 0.1) is 12.3 Å². The molecule has 0 atom stereocenters. The van der Waals surface area contributed by atoms with Gasteiger partial charge in [0.1, 0.15) is 5.69 Å². The second kappa shape index (κ2) is 3.96. The van der Waals surface area contributed by atoms with E-state index < -0.39 is 0 Å². The minimum Gasteiger partial charge on any atom is -0.461 e. The number of carbonyl (C=O) groups is 1. The fourth-order valence-corrected chi connectivity index (χ4v) is 1.98. The van der Waals surface area contributed by atoms with Crippen molar-refractivity contribution in [2.24, 2.45) is 7.05 Å². The van der Waals surface area contributed by atoms with Gasteiger partial charge in [-0.3, -0.25) is 0 Å². The van der Waals surface area contributed by atoms with Crippen molar-refractivity contribution in [3.63, 3.8) is 0 Å². The number of nitrogens with zero attached hydrogens (tertiary/aromatic N) is 1. The molecule has 1 aromatic rings. The fraction of sp³-hybridized carbons (Fsp3) is 0.545. The standard InChI is InChI=1S/C11H16N2O2/c1-3-15-11(14)10-7-8-9(13(10)2)5-4-6-12-8/h7,12H,3-6H2,1-2H3. The van der Waals surface area contributed by atoms with Crippen LogP contribution in [0.1, 0.15) is 29.5 Å². The summed E-state index contributed by atoms with van der Waals surface area (Å²) in [6.45, 7) is 3.22. The SMILES string of the molecule is CCOC(=O)c1cc2c(n1C)CCCN2. The first-order valence-corrected chi connectivity index (χ1v) is 5.33. The van der Waals surface area contributed by atoms with Crippen molar-refractivity contribution in [1.29, 1.82) is 0 Å². The largest absolute Gasteiger partial charge is 0.461 e. The number of esters is 1. The van der Waals surface area contributed by atoms with Crippen LogP contribution in [-0.4, -0.2) is 23.7 Å². The maximum Gasteiger partial charge on any atom is 0.355 e. The van der Waals surface area contributed by atoms with Gasteiger partial charge in [0.15, 0.2) is 0 Å². The maximum absolute atomic E-state index is 11.6. The van der Waals surface area contributed by atoms with Gasteiger partial charge in [0.2, 0.25) is 0 Å². The Morgan fingerprint density at radius 3 is 3.13 bits per heavy atom. The zero-order chi connectivity index (χ0) is 10.8. The highest BCUT2D eigenvalue weighted by Gasteiger charge is 2.20. The van der Waals surface area contributed by atoms with Crippen LogP contribution in [0, 0.1) is 0 Å². The first-order valence-electron chi connectivity index (χ1n) is 5.33. The molecule has 0 aliphatic carbocycles. The van der Waals surface area contributed by atoms with Gasteiger partial charge in [0.25, 0.3) is 0 Å². The molecule has 0 bridgehead atoms. The molecule has 0 spiro atoms. The van der Waals surface area contributed by atoms with Crippen molar-refractivity contribution in [3.8, 4) is 0 Å². The van der Waals surface area contributed by atoms with Crippen LogP contribution in [-0.2, 0) is 18.2 Å². The van der Waals surface area contributed by atoms with Crippen molar-refractivity contribution in [2.45, 2.75) is 19.8 Å². The molecule has 0 aromatic carbocycles. The molecule has 4 heteroatoms. The van der Waals surface area contributed by atoms with Gasteiger partial charge in [-0.15, -0.1) is 0 Å². The topological polar surface area (TPSA) is 43.3 Å². The number of ether oxygens (including phenoxy) is 1. The summed E-state index contributed by atoms with van der Waals surface area (Å²) >= 11 is 0. The summed E-state index contributed by atoms with van der Waals surface area (Å²) in [6, 6.07) is 1.88. The van der Waals surface area contributed by atoms with E-state index in [1.54, 1.807) is 0 Å². The summed E-state index contributed by atoms with van der Waals surface area (Å²) in [7, 11) is 1.91. The Balaban J connectivity index is 2.32. The molecule has 82 valence electrons. The van der Waals surface area contributed by atoms with Gasteiger partial charge < -0.3 is 14.6 Å². The molecule has 1 aromatic heterocycles. The molecular formula is C11H16N2O2. The van der Waals surface area contributed by atoms with E-state index in [9.17, 15) is 4.79 Å². The number of carbonyl (C=O) groups excluding carboxylic acids is 1. The molecule has 4 nitrogen and oxygen atoms in total. The Bertz CT molecular complexity index is 382. The second-order valence-corrected chi connectivity index (χ2v) is 3.70. The first-order chi connectivity index (χ1) is 7.24. The first kappa shape index (κ1) is 10.1. The van der Waals surface area contributed by atoms with Crippen LogP contribution in [0.25, 0.3) is 0 Å². The van der Waals surface area contributed by atoms with Crippen LogP contribution in [0.4, 0.5) is 5.69 Å². The van der Waals surface area contributed by atoms with Crippen LogP contribution in [0.3, 0.4) is 0 Å². The third-order valence-corrected chi connectivity index (χ3v) is 2.75. The summed E-state index contributed by atoms with van der Waals surface area (Å²) in [6.07, 6.45) is 2.14. The third kappa shape index (κ3) is 1.71. The lowest BCUT2D eigenvalue weighted by Crippen LogP contribution is -2.14. The van der Waals surface area contributed by atoms with Crippen LogP contribution >= 0.6 is 0 Å². The van der Waals surface area contributed by atoms with E-state index >= 15 is 0 Å². The normalized spacial score (nSPS) is 14.3. The molecule has 15 heavy (non-hydrogen) atoms. The molecular weight excluding hydrogens is 192 g/mol. The predicted molar refractivity (Wildman–Crippen MR) is 58.2 cm³/mol. The minimum absolute atomic E-state index is 0.240. The Labute approximate surface area is 89.2 Å². The van der Waals surface area contributed by atoms with Crippen molar-refractivity contribution in [3.05, 3.63) is 17.5 Å². The fourth-order valence-electron chi connectivity index (χ4n) is 1.98. The predicted octanol–water partition coefficient (Wildman–Crippen LogP) is 1.56. The molecule has 1 N–H and O–H groups in total. The Kier molecular flexibility index (Phi) is 2.66. The molecule has 0 radical (unpaired) electrons. The molecule has 1 aliphatic rings. The lowest BCUT2D eigenvalue weighted by atomic mass is 10.1. The maximum atomic E-state index is 11.6. The zero-order valence-electron chi connectivity index (χ0n) is 9.17. The molecule has 0 saturated carbocycles. The Hall–Kier alpha value is -1.45. The van der Waals surface area contributed by atoms with Gasteiger partial charge in [-0.25, -0.2) is 4.79 Å². The monoisotopic (exact) mass is 208 g/mol. The van der Waals surface area contributed by atoms with Gasteiger partial charge in [-0.05, 0) is 25.8 Å². The summed E-state index contributed by atoms with van der Waals surface area (Å²) in [5, 5.41) is 3.29. The number of aromatic nitrogens is 1. The lowest BCUT2D eigenvalue weighted by molar-refractivity contribution is 0.0515. The Morgan fingerprint density at radius 2 is 2.47 bits per heavy atom. The second-order valence-electron chi connectivity index (χ2n) is 3.70. The van der Waals surface area contributed by atoms with E-state index in [1.165, 1.54) is 5.69 Å². The van der Waals surface area contributed by atoms with E-state index in [0.717, 1.165) is 25.1 Å². The van der Waals surface area contributed by atoms with E-state index in [1.807, 2.05) is 24.6 Å². The van der Waals surface area contributed by atoms with Crippen molar-refractivity contribution in [1.82, 2.24) is 4.57 Å². The average molecular weight is 208 g/mol. The van der Waals surface area contributed by atoms with Crippen LogP contribution in [0.2, 0.25) is 0 Å². The summed E-state index contributed by atoms with van der Waals surface area (Å²) in [5.41, 5.74) is 2.91. The summed E-state index contributed by atoms with van der Waals surface area (Å²) < 4.78 is 6.93. The number of nitrogens with one attached hydrogen (secondary N) is 1. The molecule has 1 aliphatic heterocycles. The highest BCUT2D eigenvalue weighted by atomic mass is 16.5. The van der Waals surface area contributed by atoms with Crippen LogP contribution in [0.15, 0.2) is 6.07 Å². The quantitative estimate of drug-likeness (QED) is 0.750. The molecule has 0 fully saturated rings. The lowest BCUT2D eigenvalue weighted by Gasteiger charge is -2.15. The molecule has 2 heterocycles. The molecule has 0 saturated heterocycles. The highest BCUT2D eigenvalue weighted by Crippen LogP contribution is 2.25. The van der Waals surface area contributed by atoms with Gasteiger partial charge in [0, 0.05) is 19.3 Å². The number of hydrogen-bond donors (Lipinski definition) is 1. The van der Waals surface area contributed by atoms with Gasteiger partial charge in [-0.2, -0.15) is 0 Å². The van der Waals surface area contributed by atoms with Crippen LogP contribution < -0.4 is 5.32 Å². The third-order valence-electron chi connectivity index (χ3n) is 2.75. The zero-order valence-corrected chi connectivity index (χ0v) is 9.17. The molecule has 0 unspecified atom stereocenters. The van der Waals surface area contributed by atoms with E-state index in [4.69, 9.17) is 4.74 Å².